The molecule has 31 heavy (non-hydrogen) atoms. The van der Waals surface area contributed by atoms with E-state index in [1.807, 2.05) is 36.4 Å². The first kappa shape index (κ1) is 20.6. The maximum absolute atomic E-state index is 13.1. The van der Waals surface area contributed by atoms with Crippen LogP contribution in [0.15, 0.2) is 90.0 Å². The third-order valence-electron chi connectivity index (χ3n) is 4.68. The number of hydrogen-bond donors (Lipinski definition) is 1. The number of nitrogens with zero attached hydrogens (tertiary/aromatic N) is 1. The second-order valence-corrected chi connectivity index (χ2v) is 7.26. The van der Waals surface area contributed by atoms with E-state index in [9.17, 15) is 9.18 Å². The van der Waals surface area contributed by atoms with Crippen LogP contribution in [0.4, 0.5) is 4.39 Å². The average Bonchev–Trinajstić information content (AvgIpc) is 2.79. The Balaban J connectivity index is 1.58. The van der Waals surface area contributed by atoms with Crippen LogP contribution in [0.1, 0.15) is 21.5 Å². The molecule has 0 aliphatic carbocycles. The number of hydrogen-bond acceptors (Lipinski definition) is 3. The van der Waals surface area contributed by atoms with Crippen molar-refractivity contribution in [3.63, 3.8) is 0 Å². The molecule has 0 saturated heterocycles. The van der Waals surface area contributed by atoms with E-state index >= 15 is 0 Å². The fourth-order valence-electron chi connectivity index (χ4n) is 3.13. The van der Waals surface area contributed by atoms with E-state index in [1.54, 1.807) is 42.6 Å². The highest BCUT2D eigenvalue weighted by atomic mass is 35.5. The molecule has 0 fully saturated rings. The summed E-state index contributed by atoms with van der Waals surface area (Å²) in [7, 11) is 0. The topological polar surface area (TPSA) is 50.7 Å². The zero-order chi connectivity index (χ0) is 21.6. The number of fused-ring (bicyclic) bond motifs is 1. The molecule has 4 nitrogen and oxygen atoms in total. The summed E-state index contributed by atoms with van der Waals surface area (Å²) in [6, 6.07) is 24.4. The average molecular weight is 433 g/mol. The second-order valence-electron chi connectivity index (χ2n) is 6.82. The van der Waals surface area contributed by atoms with Gasteiger partial charge in [0.2, 0.25) is 0 Å². The predicted molar refractivity (Wildman–Crippen MR) is 121 cm³/mol. The zero-order valence-corrected chi connectivity index (χ0v) is 17.1. The molecule has 0 aromatic heterocycles. The van der Waals surface area contributed by atoms with Gasteiger partial charge in [-0.25, -0.2) is 9.82 Å². The van der Waals surface area contributed by atoms with E-state index in [2.05, 4.69) is 10.5 Å². The molecule has 0 unspecified atom stereocenters. The largest absolute Gasteiger partial charge is 0.488 e. The molecule has 1 N–H and O–H groups in total. The van der Waals surface area contributed by atoms with Gasteiger partial charge in [-0.15, -0.1) is 0 Å². The van der Waals surface area contributed by atoms with Crippen LogP contribution in [-0.4, -0.2) is 12.1 Å². The van der Waals surface area contributed by atoms with Crippen LogP contribution in [0.3, 0.4) is 0 Å². The monoisotopic (exact) mass is 432 g/mol. The van der Waals surface area contributed by atoms with E-state index < -0.39 is 0 Å². The van der Waals surface area contributed by atoms with Gasteiger partial charge in [0.25, 0.3) is 5.91 Å². The highest BCUT2D eigenvalue weighted by Crippen LogP contribution is 2.27. The molecule has 154 valence electrons. The van der Waals surface area contributed by atoms with Gasteiger partial charge in [0.05, 0.1) is 6.21 Å². The first-order chi connectivity index (χ1) is 15.1. The molecule has 6 heteroatoms. The van der Waals surface area contributed by atoms with Crippen molar-refractivity contribution < 1.29 is 13.9 Å². The maximum atomic E-state index is 13.1. The summed E-state index contributed by atoms with van der Waals surface area (Å²) in [6.07, 6.45) is 1.56. The Morgan fingerprint density at radius 2 is 1.81 bits per heavy atom. The number of halogens is 2. The molecular formula is C25H18ClFN2O2. The van der Waals surface area contributed by atoms with Crippen molar-refractivity contribution in [3.05, 3.63) is 112 Å². The Bertz CT molecular complexity index is 1260. The number of hydrazone groups is 1. The molecule has 0 spiro atoms. The quantitative estimate of drug-likeness (QED) is 0.301. The molecule has 1 amide bonds. The number of benzene rings is 4. The Kier molecular flexibility index (Phi) is 6.24. The van der Waals surface area contributed by atoms with Crippen LogP contribution in [0.5, 0.6) is 5.75 Å². The van der Waals surface area contributed by atoms with Gasteiger partial charge in [-0.05, 0) is 52.7 Å². The van der Waals surface area contributed by atoms with Crippen LogP contribution < -0.4 is 10.2 Å². The Hall–Kier alpha value is -3.70. The lowest BCUT2D eigenvalue weighted by Crippen LogP contribution is -2.17. The van der Waals surface area contributed by atoms with Gasteiger partial charge in [-0.2, -0.15) is 5.10 Å². The fraction of sp³-hybridized carbons (Fsp3) is 0.0400. The minimum atomic E-state index is -0.368. The first-order valence-electron chi connectivity index (χ1n) is 9.58. The lowest BCUT2D eigenvalue weighted by Gasteiger charge is -2.12. The maximum Gasteiger partial charge on any atom is 0.271 e. The Morgan fingerprint density at radius 3 is 2.61 bits per heavy atom. The smallest absolute Gasteiger partial charge is 0.271 e. The highest BCUT2D eigenvalue weighted by Gasteiger charge is 2.09. The van der Waals surface area contributed by atoms with Gasteiger partial charge in [-0.3, -0.25) is 4.79 Å². The molecule has 4 rings (SSSR count). The summed E-state index contributed by atoms with van der Waals surface area (Å²) in [5, 5.41) is 6.55. The summed E-state index contributed by atoms with van der Waals surface area (Å²) in [4.78, 5) is 12.3. The summed E-state index contributed by atoms with van der Waals surface area (Å²) >= 11 is 5.94. The minimum absolute atomic E-state index is 0.272. The molecule has 0 saturated carbocycles. The molecule has 4 aromatic rings. The van der Waals surface area contributed by atoms with Gasteiger partial charge in [-0.1, -0.05) is 60.1 Å². The predicted octanol–water partition coefficient (Wildman–Crippen LogP) is 5.98. The number of ether oxygens (including phenoxy) is 1. The van der Waals surface area contributed by atoms with Gasteiger partial charge >= 0.3 is 0 Å². The first-order valence-corrected chi connectivity index (χ1v) is 9.96. The number of amides is 1. The van der Waals surface area contributed by atoms with E-state index in [0.29, 0.717) is 16.3 Å². The van der Waals surface area contributed by atoms with Gasteiger partial charge in [0.15, 0.2) is 0 Å². The van der Waals surface area contributed by atoms with Crippen molar-refractivity contribution in [2.75, 3.05) is 0 Å². The van der Waals surface area contributed by atoms with E-state index in [1.165, 1.54) is 12.1 Å². The number of nitrogens with one attached hydrogen (secondary N) is 1. The second kappa shape index (κ2) is 9.41. The van der Waals surface area contributed by atoms with Crippen molar-refractivity contribution >= 4 is 34.5 Å². The van der Waals surface area contributed by atoms with Crippen LogP contribution >= 0.6 is 11.6 Å². The zero-order valence-electron chi connectivity index (χ0n) is 16.4. The van der Waals surface area contributed by atoms with Crippen molar-refractivity contribution in [1.29, 1.82) is 0 Å². The van der Waals surface area contributed by atoms with Crippen LogP contribution in [-0.2, 0) is 6.61 Å². The summed E-state index contributed by atoms with van der Waals surface area (Å²) in [5.74, 6) is -0.0609. The third kappa shape index (κ3) is 5.08. The molecular weight excluding hydrogens is 415 g/mol. The van der Waals surface area contributed by atoms with E-state index in [-0.39, 0.29) is 18.3 Å². The fourth-order valence-corrected chi connectivity index (χ4v) is 3.32. The van der Waals surface area contributed by atoms with Crippen LogP contribution in [0.25, 0.3) is 10.8 Å². The summed E-state index contributed by atoms with van der Waals surface area (Å²) in [5.41, 5.74) is 4.50. The highest BCUT2D eigenvalue weighted by molar-refractivity contribution is 6.31. The third-order valence-corrected chi connectivity index (χ3v) is 4.92. The lowest BCUT2D eigenvalue weighted by molar-refractivity contribution is 0.0955. The van der Waals surface area contributed by atoms with Gasteiger partial charge in [0, 0.05) is 16.1 Å². The van der Waals surface area contributed by atoms with Gasteiger partial charge < -0.3 is 4.74 Å². The van der Waals surface area contributed by atoms with Crippen LogP contribution in [0.2, 0.25) is 5.02 Å². The molecule has 0 aliphatic rings. The van der Waals surface area contributed by atoms with E-state index in [0.717, 1.165) is 21.9 Å². The molecule has 0 aliphatic heterocycles. The number of carbonyl (C=O) groups excluding carboxylic acids is 1. The molecule has 0 radical (unpaired) electrons. The van der Waals surface area contributed by atoms with Crippen molar-refractivity contribution in [2.45, 2.75) is 6.61 Å². The Labute approximate surface area is 183 Å². The molecule has 4 aromatic carbocycles. The normalized spacial score (nSPS) is 11.0. The molecule has 0 heterocycles. The summed E-state index contributed by atoms with van der Waals surface area (Å²) in [6.45, 7) is 0.272. The number of carbonyl (C=O) groups is 1. The minimum Gasteiger partial charge on any atom is -0.488 e. The Morgan fingerprint density at radius 1 is 1.00 bits per heavy atom. The standard InChI is InChI=1S/C25H18ClFN2O2/c26-20-6-3-5-19(14-20)25(30)29-28-15-23-22-7-2-1-4-18(22)10-13-24(23)31-16-17-8-11-21(27)12-9-17/h1-15H,16H2,(H,29,30)/b28-15-. The summed E-state index contributed by atoms with van der Waals surface area (Å²) < 4.78 is 19.1. The van der Waals surface area contributed by atoms with E-state index in [4.69, 9.17) is 16.3 Å². The molecule has 0 atom stereocenters. The van der Waals surface area contributed by atoms with Crippen molar-refractivity contribution in [1.82, 2.24) is 5.43 Å². The van der Waals surface area contributed by atoms with Crippen LogP contribution in [0, 0.1) is 5.82 Å². The number of rotatable bonds is 6. The van der Waals surface area contributed by atoms with Crippen molar-refractivity contribution in [3.8, 4) is 5.75 Å². The van der Waals surface area contributed by atoms with Gasteiger partial charge in [0.1, 0.15) is 18.2 Å². The lowest BCUT2D eigenvalue weighted by atomic mass is 10.0. The molecule has 0 bridgehead atoms. The van der Waals surface area contributed by atoms with Crippen molar-refractivity contribution in [2.24, 2.45) is 5.10 Å². The SMILES string of the molecule is O=C(N/N=C\c1c(OCc2ccc(F)cc2)ccc2ccccc12)c1cccc(Cl)c1.